The minimum absolute atomic E-state index is 0.475. The number of carbonyl (C=O) groups excluding carboxylic acids is 1. The molecule has 0 saturated carbocycles. The fraction of sp³-hybridized carbons (Fsp3) is 0.308. The third-order valence-corrected chi connectivity index (χ3v) is 2.93. The number of aromatic amines is 1. The van der Waals surface area contributed by atoms with E-state index in [0.717, 1.165) is 23.6 Å². The summed E-state index contributed by atoms with van der Waals surface area (Å²) >= 11 is 0. The lowest BCUT2D eigenvalue weighted by molar-refractivity contribution is -0.156. The number of hydrogen-bond acceptors (Lipinski definition) is 4. The summed E-state index contributed by atoms with van der Waals surface area (Å²) in [5.74, 6) is -0.857. The molecule has 5 nitrogen and oxygen atoms in total. The number of rotatable bonds is 3. The van der Waals surface area contributed by atoms with Gasteiger partial charge < -0.3 is 19.9 Å². The molecule has 0 bridgehead atoms. The molecule has 0 spiro atoms. The highest BCUT2D eigenvalue weighted by molar-refractivity contribution is 5.85. The molecule has 2 rings (SSSR count). The number of ether oxygens (including phenoxy) is 1. The van der Waals surface area contributed by atoms with Crippen molar-refractivity contribution in [1.82, 2.24) is 4.98 Å². The Balaban J connectivity index is 2.39. The number of H-pyrrole nitrogens is 1. The highest BCUT2D eigenvalue weighted by atomic mass is 16.5. The average molecular weight is 249 g/mol. The Kier molecular flexibility index (Phi) is 3.36. The van der Waals surface area contributed by atoms with Crippen LogP contribution in [-0.4, -0.2) is 34.4 Å². The van der Waals surface area contributed by atoms with E-state index in [2.05, 4.69) is 9.72 Å². The lowest BCUT2D eigenvalue weighted by Crippen LogP contribution is -2.28. The van der Waals surface area contributed by atoms with Gasteiger partial charge in [0.25, 0.3) is 0 Å². The van der Waals surface area contributed by atoms with Crippen molar-refractivity contribution in [2.45, 2.75) is 19.1 Å². The van der Waals surface area contributed by atoms with Crippen LogP contribution in [-0.2, 0) is 9.53 Å². The van der Waals surface area contributed by atoms with E-state index in [-0.39, 0.29) is 0 Å². The number of nitrogens with one attached hydrogen (secondary N) is 1. The van der Waals surface area contributed by atoms with E-state index < -0.39 is 18.2 Å². The summed E-state index contributed by atoms with van der Waals surface area (Å²) in [6, 6.07) is 5.66. The van der Waals surface area contributed by atoms with Crippen LogP contribution in [0, 0.1) is 6.92 Å². The molecule has 0 fully saturated rings. The number of aryl methyl sites for hydroxylation is 1. The number of aliphatic hydroxyl groups is 2. The van der Waals surface area contributed by atoms with Crippen LogP contribution in [0.3, 0.4) is 0 Å². The Hall–Kier alpha value is -1.85. The van der Waals surface area contributed by atoms with E-state index in [4.69, 9.17) is 0 Å². The van der Waals surface area contributed by atoms with E-state index in [9.17, 15) is 15.0 Å². The zero-order valence-electron chi connectivity index (χ0n) is 10.2. The smallest absolute Gasteiger partial charge is 0.337 e. The van der Waals surface area contributed by atoms with Gasteiger partial charge in [-0.15, -0.1) is 0 Å². The first-order valence-electron chi connectivity index (χ1n) is 5.56. The summed E-state index contributed by atoms with van der Waals surface area (Å²) in [4.78, 5) is 14.2. The van der Waals surface area contributed by atoms with Crippen LogP contribution in [0.15, 0.2) is 24.4 Å². The molecule has 0 aliphatic heterocycles. The number of benzene rings is 1. The van der Waals surface area contributed by atoms with Crippen molar-refractivity contribution < 1.29 is 19.7 Å². The predicted molar refractivity (Wildman–Crippen MR) is 66.0 cm³/mol. The van der Waals surface area contributed by atoms with Crippen molar-refractivity contribution >= 4 is 16.9 Å². The van der Waals surface area contributed by atoms with Crippen LogP contribution < -0.4 is 0 Å². The van der Waals surface area contributed by atoms with Gasteiger partial charge in [-0.1, -0.05) is 12.1 Å². The summed E-state index contributed by atoms with van der Waals surface area (Å²) in [5.41, 5.74) is 2.41. The van der Waals surface area contributed by atoms with E-state index in [1.54, 1.807) is 6.20 Å². The molecule has 1 aromatic heterocycles. The summed E-state index contributed by atoms with van der Waals surface area (Å²) in [7, 11) is 1.16. The molecule has 0 saturated heterocycles. The molecular weight excluding hydrogens is 234 g/mol. The van der Waals surface area contributed by atoms with Crippen molar-refractivity contribution in [2.75, 3.05) is 7.11 Å². The zero-order chi connectivity index (χ0) is 13.3. The van der Waals surface area contributed by atoms with Gasteiger partial charge in [0.1, 0.15) is 6.10 Å². The minimum Gasteiger partial charge on any atom is -0.467 e. The summed E-state index contributed by atoms with van der Waals surface area (Å²) < 4.78 is 4.40. The predicted octanol–water partition coefficient (Wildman–Crippen LogP) is 1.04. The minimum atomic E-state index is -1.59. The molecule has 1 aromatic carbocycles. The first kappa shape index (κ1) is 12.6. The van der Waals surface area contributed by atoms with Crippen LogP contribution in [0.25, 0.3) is 10.9 Å². The second-order valence-electron chi connectivity index (χ2n) is 4.21. The second-order valence-corrected chi connectivity index (χ2v) is 4.21. The average Bonchev–Trinajstić information content (AvgIpc) is 2.78. The molecule has 0 radical (unpaired) electrons. The van der Waals surface area contributed by atoms with Crippen LogP contribution in [0.4, 0.5) is 0 Å². The Labute approximate surface area is 104 Å². The molecule has 2 aromatic rings. The van der Waals surface area contributed by atoms with Gasteiger partial charge in [0.15, 0.2) is 6.10 Å². The molecule has 2 unspecified atom stereocenters. The van der Waals surface area contributed by atoms with Gasteiger partial charge >= 0.3 is 5.97 Å². The molecule has 18 heavy (non-hydrogen) atoms. The highest BCUT2D eigenvalue weighted by Gasteiger charge is 2.28. The molecule has 3 N–H and O–H groups in total. The van der Waals surface area contributed by atoms with E-state index in [0.29, 0.717) is 5.56 Å². The maximum atomic E-state index is 11.2. The van der Waals surface area contributed by atoms with Crippen LogP contribution in [0.2, 0.25) is 0 Å². The van der Waals surface area contributed by atoms with Crippen LogP contribution in [0.5, 0.6) is 0 Å². The van der Waals surface area contributed by atoms with Crippen molar-refractivity contribution in [1.29, 1.82) is 0 Å². The Morgan fingerprint density at radius 2 is 2.11 bits per heavy atom. The highest BCUT2D eigenvalue weighted by Crippen LogP contribution is 2.27. The third-order valence-electron chi connectivity index (χ3n) is 2.93. The number of fused-ring (bicyclic) bond motifs is 1. The number of aromatic nitrogens is 1. The molecule has 5 heteroatoms. The standard InChI is InChI=1S/C13H15NO4/c1-7-3-4-8-9(6-14-10(8)5-7)11(15)12(16)13(17)18-2/h3-6,11-12,14-16H,1-2H3. The lowest BCUT2D eigenvalue weighted by Gasteiger charge is -2.15. The van der Waals surface area contributed by atoms with Gasteiger partial charge in [0.2, 0.25) is 0 Å². The number of hydrogen-bond donors (Lipinski definition) is 3. The normalized spacial score (nSPS) is 14.4. The molecule has 96 valence electrons. The SMILES string of the molecule is COC(=O)C(O)C(O)c1c[nH]c2cc(C)ccc12. The van der Waals surface area contributed by atoms with Crippen molar-refractivity contribution in [3.05, 3.63) is 35.5 Å². The first-order chi connectivity index (χ1) is 8.54. The molecule has 0 aliphatic rings. The summed E-state index contributed by atoms with van der Waals surface area (Å²) in [6.07, 6.45) is -1.31. The van der Waals surface area contributed by atoms with Crippen molar-refractivity contribution in [3.8, 4) is 0 Å². The van der Waals surface area contributed by atoms with Gasteiger partial charge in [0, 0.05) is 22.7 Å². The first-order valence-corrected chi connectivity index (χ1v) is 5.56. The molecule has 2 atom stereocenters. The second kappa shape index (κ2) is 4.80. The maximum Gasteiger partial charge on any atom is 0.337 e. The van der Waals surface area contributed by atoms with Crippen LogP contribution >= 0.6 is 0 Å². The quantitative estimate of drug-likeness (QED) is 0.710. The Morgan fingerprint density at radius 1 is 1.39 bits per heavy atom. The molecular formula is C13H15NO4. The van der Waals surface area contributed by atoms with Crippen LogP contribution in [0.1, 0.15) is 17.2 Å². The van der Waals surface area contributed by atoms with E-state index in [1.165, 1.54) is 0 Å². The summed E-state index contributed by atoms with van der Waals surface area (Å²) in [5, 5.41) is 20.4. The van der Waals surface area contributed by atoms with Crippen molar-refractivity contribution in [3.63, 3.8) is 0 Å². The monoisotopic (exact) mass is 249 g/mol. The number of esters is 1. The van der Waals surface area contributed by atoms with Gasteiger partial charge in [-0.2, -0.15) is 0 Å². The van der Waals surface area contributed by atoms with E-state index in [1.807, 2.05) is 25.1 Å². The van der Waals surface area contributed by atoms with Gasteiger partial charge in [-0.05, 0) is 18.6 Å². The van der Waals surface area contributed by atoms with E-state index >= 15 is 0 Å². The fourth-order valence-electron chi connectivity index (χ4n) is 1.93. The van der Waals surface area contributed by atoms with Gasteiger partial charge in [0.05, 0.1) is 7.11 Å². The molecule has 0 amide bonds. The summed E-state index contributed by atoms with van der Waals surface area (Å²) in [6.45, 7) is 1.96. The number of methoxy groups -OCH3 is 1. The molecule has 1 heterocycles. The Bertz CT molecular complexity index is 575. The fourth-order valence-corrected chi connectivity index (χ4v) is 1.93. The number of carbonyl (C=O) groups is 1. The lowest BCUT2D eigenvalue weighted by atomic mass is 10.0. The zero-order valence-corrected chi connectivity index (χ0v) is 10.2. The van der Waals surface area contributed by atoms with Gasteiger partial charge in [-0.25, -0.2) is 4.79 Å². The number of aliphatic hydroxyl groups excluding tert-OH is 2. The maximum absolute atomic E-state index is 11.2. The molecule has 0 aliphatic carbocycles. The Morgan fingerprint density at radius 3 is 2.78 bits per heavy atom. The largest absolute Gasteiger partial charge is 0.467 e. The van der Waals surface area contributed by atoms with Crippen molar-refractivity contribution in [2.24, 2.45) is 0 Å². The van der Waals surface area contributed by atoms with Gasteiger partial charge in [-0.3, -0.25) is 0 Å². The third kappa shape index (κ3) is 2.10. The topological polar surface area (TPSA) is 82.6 Å².